The average molecular weight is 508 g/mol. The summed E-state index contributed by atoms with van der Waals surface area (Å²) in [5.74, 6) is -1.04. The summed E-state index contributed by atoms with van der Waals surface area (Å²) < 4.78 is 53.9. The molecule has 0 saturated carbocycles. The molecule has 0 radical (unpaired) electrons. The first-order chi connectivity index (χ1) is 16.0. The first-order valence-electron chi connectivity index (χ1n) is 9.69. The van der Waals surface area contributed by atoms with Crippen LogP contribution in [-0.4, -0.2) is 15.5 Å². The lowest BCUT2D eigenvalue weighted by Gasteiger charge is -2.13. The highest BCUT2D eigenvalue weighted by atomic mass is 35.5. The molecule has 0 spiro atoms. The predicted molar refractivity (Wildman–Crippen MR) is 124 cm³/mol. The number of carbonyl (C=O) groups is 1. The van der Waals surface area contributed by atoms with E-state index in [9.17, 15) is 27.2 Å². The summed E-state index contributed by atoms with van der Waals surface area (Å²) in [6.07, 6.45) is -4.65. The van der Waals surface area contributed by atoms with E-state index >= 15 is 0 Å². The van der Waals surface area contributed by atoms with Crippen LogP contribution in [0.4, 0.5) is 23.2 Å². The fraction of sp³-hybridized carbons (Fsp3) is 0.0870. The normalized spacial score (nSPS) is 11.6. The Kier molecular flexibility index (Phi) is 6.05. The summed E-state index contributed by atoms with van der Waals surface area (Å²) in [5.41, 5.74) is -0.928. The van der Waals surface area contributed by atoms with E-state index < -0.39 is 29.0 Å². The molecule has 5 nitrogen and oxygen atoms in total. The molecule has 174 valence electrons. The zero-order valence-corrected chi connectivity index (χ0v) is 18.8. The summed E-state index contributed by atoms with van der Waals surface area (Å²) in [6, 6.07) is 10.9. The van der Waals surface area contributed by atoms with E-state index in [1.54, 1.807) is 13.0 Å². The second kappa shape index (κ2) is 8.69. The Morgan fingerprint density at radius 2 is 1.82 bits per heavy atom. The van der Waals surface area contributed by atoms with Crippen LogP contribution in [0.1, 0.15) is 21.5 Å². The topological polar surface area (TPSA) is 66.9 Å². The molecule has 11 heteroatoms. The van der Waals surface area contributed by atoms with Crippen molar-refractivity contribution in [3.8, 4) is 5.69 Å². The van der Waals surface area contributed by atoms with Crippen LogP contribution in [0, 0.1) is 17.5 Å². The van der Waals surface area contributed by atoms with Crippen molar-refractivity contribution in [1.82, 2.24) is 9.55 Å². The van der Waals surface area contributed by atoms with Gasteiger partial charge in [-0.15, -0.1) is 0 Å². The summed E-state index contributed by atoms with van der Waals surface area (Å²) in [5, 5.41) is 2.53. The lowest BCUT2D eigenvalue weighted by Crippen LogP contribution is -2.22. The van der Waals surface area contributed by atoms with Gasteiger partial charge < -0.3 is 10.3 Å². The minimum Gasteiger partial charge on any atom is -0.331 e. The van der Waals surface area contributed by atoms with E-state index in [1.165, 1.54) is 30.3 Å². The number of hydrogen-bond donors (Lipinski definition) is 2. The number of amides is 1. The molecule has 1 heterocycles. The zero-order valence-electron chi connectivity index (χ0n) is 17.3. The smallest absolute Gasteiger partial charge is 0.331 e. The number of fused-ring (bicyclic) bond motifs is 1. The standard InChI is InChI=1S/C23H14ClF4N3O2S/c1-11-2-5-14(10-17(11)25)29-20(32)12-3-6-15-18(8-12)30-22(34)31(21(15)33)19-9-13(23(26,27)28)4-7-16(19)24/h2-10H,1H3,(H,29,32)(H,30,34). The average Bonchev–Trinajstić information content (AvgIpc) is 2.76. The molecule has 4 rings (SSSR count). The van der Waals surface area contributed by atoms with Crippen molar-refractivity contribution < 1.29 is 22.4 Å². The van der Waals surface area contributed by atoms with Crippen molar-refractivity contribution in [3.05, 3.63) is 97.3 Å². The maximum Gasteiger partial charge on any atom is 0.416 e. The molecule has 0 aliphatic rings. The predicted octanol–water partition coefficient (Wildman–Crippen LogP) is 6.42. The van der Waals surface area contributed by atoms with Crippen LogP contribution in [0.3, 0.4) is 0 Å². The van der Waals surface area contributed by atoms with Gasteiger partial charge in [-0.3, -0.25) is 14.2 Å². The van der Waals surface area contributed by atoms with Gasteiger partial charge in [-0.2, -0.15) is 13.2 Å². The van der Waals surface area contributed by atoms with Crippen LogP contribution in [0.15, 0.2) is 59.4 Å². The van der Waals surface area contributed by atoms with E-state index in [2.05, 4.69) is 10.3 Å². The second-order valence-corrected chi connectivity index (χ2v) is 8.21. The zero-order chi connectivity index (χ0) is 24.8. The van der Waals surface area contributed by atoms with Crippen molar-refractivity contribution in [1.29, 1.82) is 0 Å². The van der Waals surface area contributed by atoms with Gasteiger partial charge in [0.2, 0.25) is 0 Å². The number of carbonyl (C=O) groups excluding carboxylic acids is 1. The number of benzene rings is 3. The van der Waals surface area contributed by atoms with Crippen LogP contribution in [0.2, 0.25) is 5.02 Å². The van der Waals surface area contributed by atoms with E-state index in [-0.39, 0.29) is 37.6 Å². The van der Waals surface area contributed by atoms with Gasteiger partial charge in [-0.05, 0) is 73.2 Å². The van der Waals surface area contributed by atoms with E-state index in [4.69, 9.17) is 23.8 Å². The van der Waals surface area contributed by atoms with E-state index in [1.807, 2.05) is 0 Å². The molecule has 0 aliphatic heterocycles. The Morgan fingerprint density at radius 3 is 2.50 bits per heavy atom. The van der Waals surface area contributed by atoms with Crippen molar-refractivity contribution in [2.75, 3.05) is 5.32 Å². The van der Waals surface area contributed by atoms with Crippen LogP contribution in [0.5, 0.6) is 0 Å². The van der Waals surface area contributed by atoms with Gasteiger partial charge in [0, 0.05) is 11.3 Å². The molecule has 0 bridgehead atoms. The van der Waals surface area contributed by atoms with E-state index in [0.717, 1.165) is 22.8 Å². The van der Waals surface area contributed by atoms with Gasteiger partial charge in [0.1, 0.15) is 5.82 Å². The lowest BCUT2D eigenvalue weighted by atomic mass is 10.1. The number of aromatic nitrogens is 2. The Balaban J connectivity index is 1.77. The quantitative estimate of drug-likeness (QED) is 0.248. The highest BCUT2D eigenvalue weighted by molar-refractivity contribution is 7.71. The SMILES string of the molecule is Cc1ccc(NC(=O)c2ccc3c(=O)n(-c4cc(C(F)(F)F)ccc4Cl)c(=S)[nH]c3c2)cc1F. The molecular weight excluding hydrogens is 494 g/mol. The van der Waals surface area contributed by atoms with Crippen LogP contribution >= 0.6 is 23.8 Å². The van der Waals surface area contributed by atoms with Crippen LogP contribution in [0.25, 0.3) is 16.6 Å². The Bertz CT molecular complexity index is 1580. The minimum absolute atomic E-state index is 0.0695. The number of hydrogen-bond acceptors (Lipinski definition) is 3. The van der Waals surface area contributed by atoms with E-state index in [0.29, 0.717) is 5.56 Å². The lowest BCUT2D eigenvalue weighted by molar-refractivity contribution is -0.137. The summed E-state index contributed by atoms with van der Waals surface area (Å²) >= 11 is 11.3. The molecule has 0 fully saturated rings. The number of H-pyrrole nitrogens is 1. The van der Waals surface area contributed by atoms with Crippen molar-refractivity contribution in [2.24, 2.45) is 0 Å². The fourth-order valence-electron chi connectivity index (χ4n) is 3.31. The molecule has 2 N–H and O–H groups in total. The molecule has 3 aromatic carbocycles. The second-order valence-electron chi connectivity index (χ2n) is 7.41. The van der Waals surface area contributed by atoms with Gasteiger partial charge in [0.25, 0.3) is 11.5 Å². The molecule has 1 aromatic heterocycles. The summed E-state index contributed by atoms with van der Waals surface area (Å²) in [6.45, 7) is 1.59. The number of nitrogens with one attached hydrogen (secondary N) is 2. The van der Waals surface area contributed by atoms with Crippen molar-refractivity contribution >= 4 is 46.3 Å². The number of halogens is 5. The number of aromatic amines is 1. The van der Waals surface area contributed by atoms with Crippen LogP contribution in [-0.2, 0) is 6.18 Å². The third-order valence-corrected chi connectivity index (χ3v) is 5.71. The number of aryl methyl sites for hydroxylation is 1. The van der Waals surface area contributed by atoms with Gasteiger partial charge >= 0.3 is 6.18 Å². The Morgan fingerprint density at radius 1 is 1.09 bits per heavy atom. The molecule has 0 unspecified atom stereocenters. The van der Waals surface area contributed by atoms with Crippen molar-refractivity contribution in [3.63, 3.8) is 0 Å². The third kappa shape index (κ3) is 4.46. The molecule has 0 aliphatic carbocycles. The summed E-state index contributed by atoms with van der Waals surface area (Å²) in [4.78, 5) is 28.5. The van der Waals surface area contributed by atoms with Gasteiger partial charge in [0.05, 0.1) is 27.2 Å². The van der Waals surface area contributed by atoms with Gasteiger partial charge in [-0.25, -0.2) is 4.39 Å². The first-order valence-corrected chi connectivity index (χ1v) is 10.5. The number of alkyl halides is 3. The monoisotopic (exact) mass is 507 g/mol. The van der Waals surface area contributed by atoms with Gasteiger partial charge in [0.15, 0.2) is 4.77 Å². The largest absolute Gasteiger partial charge is 0.416 e. The van der Waals surface area contributed by atoms with Crippen molar-refractivity contribution in [2.45, 2.75) is 13.1 Å². The Hall–Kier alpha value is -3.50. The molecule has 34 heavy (non-hydrogen) atoms. The molecular formula is C23H14ClF4N3O2S. The maximum absolute atomic E-state index is 13.7. The molecule has 1 amide bonds. The molecule has 0 atom stereocenters. The van der Waals surface area contributed by atoms with Gasteiger partial charge in [-0.1, -0.05) is 17.7 Å². The maximum atomic E-state index is 13.7. The third-order valence-electron chi connectivity index (χ3n) is 5.10. The number of nitrogens with zero attached hydrogens (tertiary/aromatic N) is 1. The fourth-order valence-corrected chi connectivity index (χ4v) is 3.81. The number of anilines is 1. The minimum atomic E-state index is -4.65. The highest BCUT2D eigenvalue weighted by Crippen LogP contribution is 2.33. The first kappa shape index (κ1) is 23.7. The highest BCUT2D eigenvalue weighted by Gasteiger charge is 2.31. The number of rotatable bonds is 3. The molecule has 0 saturated heterocycles. The van der Waals surface area contributed by atoms with Crippen LogP contribution < -0.4 is 10.9 Å². The Labute approximate surface area is 199 Å². The molecule has 4 aromatic rings. The summed E-state index contributed by atoms with van der Waals surface area (Å²) in [7, 11) is 0.